The summed E-state index contributed by atoms with van der Waals surface area (Å²) in [7, 11) is 2.26. The lowest BCUT2D eigenvalue weighted by atomic mass is 10.0. The number of nitrogens with two attached hydrogens (primary N) is 1. The topological polar surface area (TPSA) is 32.5 Å². The normalized spacial score (nSPS) is 28.6. The van der Waals surface area contributed by atoms with Gasteiger partial charge in [0, 0.05) is 47.8 Å². The maximum absolute atomic E-state index is 6.39. The summed E-state index contributed by atoms with van der Waals surface area (Å²) in [6.45, 7) is 2.72. The Kier molecular flexibility index (Phi) is 4.77. The van der Waals surface area contributed by atoms with Crippen molar-refractivity contribution < 1.29 is 0 Å². The van der Waals surface area contributed by atoms with Crippen molar-refractivity contribution in [2.45, 2.75) is 37.4 Å². The molecule has 2 bridgehead atoms. The third-order valence-electron chi connectivity index (χ3n) is 5.16. The molecule has 3 rings (SSSR count). The molecule has 2 N–H and O–H groups in total. The number of nitrogens with zero attached hydrogens (tertiary/aromatic N) is 2. The van der Waals surface area contributed by atoms with Gasteiger partial charge in [-0.3, -0.25) is 9.80 Å². The van der Waals surface area contributed by atoms with Crippen LogP contribution in [0.2, 0.25) is 10.0 Å². The second kappa shape index (κ2) is 6.43. The summed E-state index contributed by atoms with van der Waals surface area (Å²) in [6, 6.07) is 7.20. The SMILES string of the molecule is CN1C2CCC1CN(C(CN)c1cc(Cl)ccc1Cl)CC2. The Bertz CT molecular complexity index is 508. The van der Waals surface area contributed by atoms with E-state index in [1.807, 2.05) is 18.2 Å². The highest BCUT2D eigenvalue weighted by molar-refractivity contribution is 6.33. The fraction of sp³-hybridized carbons (Fsp3) is 0.625. The van der Waals surface area contributed by atoms with Gasteiger partial charge >= 0.3 is 0 Å². The van der Waals surface area contributed by atoms with Crippen LogP contribution in [0.15, 0.2) is 18.2 Å². The van der Waals surface area contributed by atoms with Crippen LogP contribution in [0.3, 0.4) is 0 Å². The molecule has 0 amide bonds. The standard InChI is InChI=1S/C16H23Cl2N3/c1-20-12-3-4-13(20)10-21(7-6-12)16(9-19)14-8-11(17)2-5-15(14)18/h2,5,8,12-13,16H,3-4,6-7,9-10,19H2,1H3. The van der Waals surface area contributed by atoms with E-state index in [9.17, 15) is 0 Å². The molecule has 2 saturated heterocycles. The second-order valence-electron chi connectivity index (χ2n) is 6.25. The fourth-order valence-corrected chi connectivity index (χ4v) is 4.28. The van der Waals surface area contributed by atoms with Gasteiger partial charge < -0.3 is 5.73 Å². The van der Waals surface area contributed by atoms with Gasteiger partial charge in [-0.1, -0.05) is 23.2 Å². The molecule has 3 atom stereocenters. The molecule has 0 aliphatic carbocycles. The minimum atomic E-state index is 0.156. The van der Waals surface area contributed by atoms with E-state index >= 15 is 0 Å². The third-order valence-corrected chi connectivity index (χ3v) is 5.74. The fourth-order valence-electron chi connectivity index (χ4n) is 3.86. The minimum absolute atomic E-state index is 0.156. The van der Waals surface area contributed by atoms with Crippen LogP contribution in [0.5, 0.6) is 0 Å². The molecular weight excluding hydrogens is 305 g/mol. The van der Waals surface area contributed by atoms with E-state index in [0.29, 0.717) is 12.6 Å². The molecule has 3 unspecified atom stereocenters. The van der Waals surface area contributed by atoms with E-state index in [4.69, 9.17) is 28.9 Å². The molecule has 0 radical (unpaired) electrons. The highest BCUT2D eigenvalue weighted by Gasteiger charge is 2.36. The van der Waals surface area contributed by atoms with E-state index in [-0.39, 0.29) is 6.04 Å². The van der Waals surface area contributed by atoms with Gasteiger partial charge in [-0.2, -0.15) is 0 Å². The first kappa shape index (κ1) is 15.6. The summed E-state index contributed by atoms with van der Waals surface area (Å²) in [5.41, 5.74) is 7.14. The quantitative estimate of drug-likeness (QED) is 0.925. The summed E-state index contributed by atoms with van der Waals surface area (Å²) < 4.78 is 0. The number of halogens is 2. The number of benzene rings is 1. The number of fused-ring (bicyclic) bond motifs is 2. The highest BCUT2D eigenvalue weighted by Crippen LogP contribution is 2.34. The van der Waals surface area contributed by atoms with Crippen LogP contribution in [0, 0.1) is 0 Å². The number of rotatable bonds is 3. The first-order valence-corrected chi connectivity index (χ1v) is 8.46. The lowest BCUT2D eigenvalue weighted by molar-refractivity contribution is 0.175. The maximum atomic E-state index is 6.39. The molecule has 0 spiro atoms. The number of likely N-dealkylation sites (N-methyl/N-ethyl adjacent to an activating group) is 1. The van der Waals surface area contributed by atoms with Crippen LogP contribution in [-0.2, 0) is 0 Å². The van der Waals surface area contributed by atoms with Crippen molar-refractivity contribution in [2.24, 2.45) is 5.73 Å². The van der Waals surface area contributed by atoms with Crippen molar-refractivity contribution >= 4 is 23.2 Å². The predicted octanol–water partition coefficient (Wildman–Crippen LogP) is 3.16. The Hall–Kier alpha value is -0.320. The summed E-state index contributed by atoms with van der Waals surface area (Å²) in [5.74, 6) is 0. The zero-order valence-corrected chi connectivity index (χ0v) is 13.9. The number of likely N-dealkylation sites (tertiary alicyclic amines) is 1. The van der Waals surface area contributed by atoms with Crippen molar-refractivity contribution in [1.29, 1.82) is 0 Å². The molecule has 5 heteroatoms. The van der Waals surface area contributed by atoms with Crippen LogP contribution in [0.1, 0.15) is 30.9 Å². The van der Waals surface area contributed by atoms with Crippen molar-refractivity contribution in [3.63, 3.8) is 0 Å². The van der Waals surface area contributed by atoms with Gasteiger partial charge in [-0.15, -0.1) is 0 Å². The van der Waals surface area contributed by atoms with E-state index in [1.54, 1.807) is 0 Å². The third kappa shape index (κ3) is 3.08. The lowest BCUT2D eigenvalue weighted by Gasteiger charge is -2.33. The monoisotopic (exact) mass is 327 g/mol. The van der Waals surface area contributed by atoms with Crippen LogP contribution < -0.4 is 5.73 Å². The Morgan fingerprint density at radius 1 is 1.24 bits per heavy atom. The van der Waals surface area contributed by atoms with Crippen molar-refractivity contribution in [1.82, 2.24) is 9.80 Å². The predicted molar refractivity (Wildman–Crippen MR) is 89.0 cm³/mol. The van der Waals surface area contributed by atoms with Gasteiger partial charge in [0.1, 0.15) is 0 Å². The first-order chi connectivity index (χ1) is 10.1. The van der Waals surface area contributed by atoms with E-state index in [1.165, 1.54) is 19.3 Å². The zero-order valence-electron chi connectivity index (χ0n) is 12.4. The summed E-state index contributed by atoms with van der Waals surface area (Å²) in [5, 5.41) is 1.49. The van der Waals surface area contributed by atoms with Gasteiger partial charge in [0.05, 0.1) is 0 Å². The molecule has 2 heterocycles. The smallest absolute Gasteiger partial charge is 0.0486 e. The van der Waals surface area contributed by atoms with Crippen LogP contribution >= 0.6 is 23.2 Å². The summed E-state index contributed by atoms with van der Waals surface area (Å²) in [6.07, 6.45) is 3.83. The molecule has 2 aliphatic heterocycles. The van der Waals surface area contributed by atoms with Gasteiger partial charge in [0.25, 0.3) is 0 Å². The second-order valence-corrected chi connectivity index (χ2v) is 7.10. The van der Waals surface area contributed by atoms with Crippen LogP contribution in [0.4, 0.5) is 0 Å². The van der Waals surface area contributed by atoms with Gasteiger partial charge in [0.15, 0.2) is 0 Å². The molecule has 1 aromatic rings. The van der Waals surface area contributed by atoms with E-state index in [0.717, 1.165) is 34.7 Å². The largest absolute Gasteiger partial charge is 0.329 e. The Balaban J connectivity index is 1.84. The molecule has 0 saturated carbocycles. The van der Waals surface area contributed by atoms with E-state index in [2.05, 4.69) is 16.8 Å². The molecule has 1 aromatic carbocycles. The highest BCUT2D eigenvalue weighted by atomic mass is 35.5. The molecule has 21 heavy (non-hydrogen) atoms. The van der Waals surface area contributed by atoms with Crippen LogP contribution in [-0.4, -0.2) is 48.6 Å². The van der Waals surface area contributed by atoms with Gasteiger partial charge in [-0.25, -0.2) is 0 Å². The Morgan fingerprint density at radius 3 is 2.76 bits per heavy atom. The molecular formula is C16H23Cl2N3. The van der Waals surface area contributed by atoms with Gasteiger partial charge in [-0.05, 0) is 50.1 Å². The van der Waals surface area contributed by atoms with Crippen LogP contribution in [0.25, 0.3) is 0 Å². The summed E-state index contributed by atoms with van der Waals surface area (Å²) in [4.78, 5) is 5.05. The Morgan fingerprint density at radius 2 is 2.00 bits per heavy atom. The number of hydrogen-bond acceptors (Lipinski definition) is 3. The molecule has 0 aromatic heterocycles. The molecule has 2 fully saturated rings. The average Bonchev–Trinajstić information content (AvgIpc) is 2.70. The first-order valence-electron chi connectivity index (χ1n) is 7.71. The number of hydrogen-bond donors (Lipinski definition) is 1. The molecule has 116 valence electrons. The van der Waals surface area contributed by atoms with Crippen molar-refractivity contribution in [3.05, 3.63) is 33.8 Å². The van der Waals surface area contributed by atoms with Crippen molar-refractivity contribution in [3.8, 4) is 0 Å². The molecule has 2 aliphatic rings. The van der Waals surface area contributed by atoms with Crippen molar-refractivity contribution in [2.75, 3.05) is 26.7 Å². The molecule has 3 nitrogen and oxygen atoms in total. The zero-order chi connectivity index (χ0) is 15.0. The van der Waals surface area contributed by atoms with Gasteiger partial charge in [0.2, 0.25) is 0 Å². The Labute approximate surface area is 137 Å². The summed E-state index contributed by atoms with van der Waals surface area (Å²) >= 11 is 12.5. The average molecular weight is 328 g/mol. The lowest BCUT2D eigenvalue weighted by Crippen LogP contribution is -2.40. The minimum Gasteiger partial charge on any atom is -0.329 e. The van der Waals surface area contributed by atoms with E-state index < -0.39 is 0 Å². The maximum Gasteiger partial charge on any atom is 0.0486 e.